The molecule has 0 radical (unpaired) electrons. The summed E-state index contributed by atoms with van der Waals surface area (Å²) >= 11 is 2.65. The van der Waals surface area contributed by atoms with Crippen molar-refractivity contribution in [3.8, 4) is 0 Å². The van der Waals surface area contributed by atoms with Crippen molar-refractivity contribution >= 4 is 54.0 Å². The molecular formula is C16H15N3O4S3. The minimum absolute atomic E-state index is 0.236. The number of thiophene rings is 1. The van der Waals surface area contributed by atoms with Crippen LogP contribution in [0.5, 0.6) is 0 Å². The lowest BCUT2D eigenvalue weighted by Crippen LogP contribution is -2.48. The first-order chi connectivity index (χ1) is 12.4. The number of rotatable bonds is 4. The van der Waals surface area contributed by atoms with Gasteiger partial charge < -0.3 is 10.0 Å². The fraction of sp³-hybridized carbons (Fsp3) is 0.250. The highest BCUT2D eigenvalue weighted by atomic mass is 32.2. The second-order valence-electron chi connectivity index (χ2n) is 5.81. The molecule has 1 aliphatic heterocycles. The van der Waals surface area contributed by atoms with Crippen molar-refractivity contribution in [2.45, 2.75) is 4.21 Å². The van der Waals surface area contributed by atoms with Gasteiger partial charge in [-0.25, -0.2) is 18.2 Å². The molecule has 136 valence electrons. The molecule has 0 amide bonds. The first-order valence-corrected chi connectivity index (χ1v) is 11.0. The van der Waals surface area contributed by atoms with Crippen LogP contribution in [0.25, 0.3) is 10.2 Å². The number of carbonyl (C=O) groups is 1. The number of sulfonamides is 1. The van der Waals surface area contributed by atoms with Crippen LogP contribution in [-0.4, -0.2) is 55.0 Å². The van der Waals surface area contributed by atoms with E-state index in [2.05, 4.69) is 4.98 Å². The molecule has 7 nitrogen and oxygen atoms in total. The number of aromatic carboxylic acids is 1. The minimum atomic E-state index is -3.42. The van der Waals surface area contributed by atoms with Gasteiger partial charge in [-0.3, -0.25) is 0 Å². The van der Waals surface area contributed by atoms with Crippen LogP contribution in [0.1, 0.15) is 10.4 Å². The summed E-state index contributed by atoms with van der Waals surface area (Å²) in [7, 11) is -3.42. The molecule has 0 saturated carbocycles. The fourth-order valence-electron chi connectivity index (χ4n) is 2.84. The molecule has 1 saturated heterocycles. The van der Waals surface area contributed by atoms with Gasteiger partial charge in [0.25, 0.3) is 10.0 Å². The van der Waals surface area contributed by atoms with Gasteiger partial charge in [-0.1, -0.05) is 17.4 Å². The number of hydrogen-bond donors (Lipinski definition) is 1. The summed E-state index contributed by atoms with van der Waals surface area (Å²) < 4.78 is 27.9. The lowest BCUT2D eigenvalue weighted by Gasteiger charge is -2.33. The molecule has 0 bridgehead atoms. The van der Waals surface area contributed by atoms with Crippen LogP contribution in [0.15, 0.2) is 39.9 Å². The molecule has 10 heteroatoms. The van der Waals surface area contributed by atoms with Crippen LogP contribution >= 0.6 is 22.7 Å². The second-order valence-corrected chi connectivity index (χ2v) is 9.93. The molecule has 1 aromatic carbocycles. The monoisotopic (exact) mass is 409 g/mol. The highest BCUT2D eigenvalue weighted by Crippen LogP contribution is 2.31. The van der Waals surface area contributed by atoms with Gasteiger partial charge in [0.15, 0.2) is 5.13 Å². The zero-order valence-electron chi connectivity index (χ0n) is 13.5. The van der Waals surface area contributed by atoms with Gasteiger partial charge in [-0.05, 0) is 29.6 Å². The zero-order chi connectivity index (χ0) is 18.3. The van der Waals surface area contributed by atoms with Gasteiger partial charge in [-0.15, -0.1) is 11.3 Å². The third-order valence-electron chi connectivity index (χ3n) is 4.22. The number of benzene rings is 1. The molecule has 3 heterocycles. The maximum absolute atomic E-state index is 12.6. The highest BCUT2D eigenvalue weighted by molar-refractivity contribution is 7.91. The molecule has 4 rings (SSSR count). The van der Waals surface area contributed by atoms with Gasteiger partial charge in [0.1, 0.15) is 4.21 Å². The van der Waals surface area contributed by atoms with Crippen LogP contribution < -0.4 is 4.90 Å². The number of aromatic nitrogens is 1. The summed E-state index contributed by atoms with van der Waals surface area (Å²) in [5.74, 6) is -0.964. The predicted molar refractivity (Wildman–Crippen MR) is 102 cm³/mol. The van der Waals surface area contributed by atoms with Crippen molar-refractivity contribution in [3.05, 3.63) is 41.3 Å². The Morgan fingerprint density at radius 1 is 1.15 bits per heavy atom. The van der Waals surface area contributed by atoms with Gasteiger partial charge in [-0.2, -0.15) is 4.31 Å². The number of carboxylic acids is 1. The smallest absolute Gasteiger partial charge is 0.335 e. The summed E-state index contributed by atoms with van der Waals surface area (Å²) in [4.78, 5) is 17.7. The Morgan fingerprint density at radius 3 is 2.58 bits per heavy atom. The Balaban J connectivity index is 1.51. The Kier molecular flexibility index (Phi) is 4.43. The molecule has 2 aromatic heterocycles. The first kappa shape index (κ1) is 17.4. The van der Waals surface area contributed by atoms with Crippen molar-refractivity contribution in [1.29, 1.82) is 0 Å². The number of fused-ring (bicyclic) bond motifs is 1. The van der Waals surface area contributed by atoms with Crippen molar-refractivity contribution in [1.82, 2.24) is 9.29 Å². The molecule has 0 unspecified atom stereocenters. The second kappa shape index (κ2) is 6.62. The van der Waals surface area contributed by atoms with Gasteiger partial charge >= 0.3 is 5.97 Å². The minimum Gasteiger partial charge on any atom is -0.478 e. The van der Waals surface area contributed by atoms with Crippen molar-refractivity contribution in [2.75, 3.05) is 31.1 Å². The van der Waals surface area contributed by atoms with Crippen molar-refractivity contribution < 1.29 is 18.3 Å². The maximum atomic E-state index is 12.6. The van der Waals surface area contributed by atoms with Crippen LogP contribution in [0.3, 0.4) is 0 Å². The number of hydrogen-bond acceptors (Lipinski definition) is 7. The van der Waals surface area contributed by atoms with E-state index in [9.17, 15) is 13.2 Å². The highest BCUT2D eigenvalue weighted by Gasteiger charge is 2.30. The number of carboxylic acid groups (broad SMARTS) is 1. The molecule has 1 fully saturated rings. The largest absolute Gasteiger partial charge is 0.478 e. The molecule has 0 atom stereocenters. The summed E-state index contributed by atoms with van der Waals surface area (Å²) in [6.45, 7) is 1.90. The van der Waals surface area contributed by atoms with Crippen LogP contribution in [-0.2, 0) is 10.0 Å². The van der Waals surface area contributed by atoms with E-state index in [1.165, 1.54) is 27.0 Å². The number of thiazole rings is 1. The van der Waals surface area contributed by atoms with E-state index in [4.69, 9.17) is 5.11 Å². The zero-order valence-corrected chi connectivity index (χ0v) is 16.0. The summed E-state index contributed by atoms with van der Waals surface area (Å²) in [5, 5.41) is 11.6. The molecule has 26 heavy (non-hydrogen) atoms. The molecule has 0 aliphatic carbocycles. The van der Waals surface area contributed by atoms with Crippen LogP contribution in [0.2, 0.25) is 0 Å². The number of anilines is 1. The third kappa shape index (κ3) is 3.09. The van der Waals surface area contributed by atoms with E-state index in [0.717, 1.165) is 15.3 Å². The topological polar surface area (TPSA) is 90.8 Å². The summed E-state index contributed by atoms with van der Waals surface area (Å²) in [5.41, 5.74) is 0.989. The SMILES string of the molecule is O=C(O)c1ccc2nc(N3CCN(S(=O)(=O)c4cccs4)CC3)sc2c1. The van der Waals surface area contributed by atoms with E-state index in [-0.39, 0.29) is 5.56 Å². The Bertz CT molecular complexity index is 1050. The van der Waals surface area contributed by atoms with Crippen molar-refractivity contribution in [3.63, 3.8) is 0 Å². The van der Waals surface area contributed by atoms with Gasteiger partial charge in [0.05, 0.1) is 15.8 Å². The van der Waals surface area contributed by atoms with Gasteiger partial charge in [0.2, 0.25) is 0 Å². The van der Waals surface area contributed by atoms with E-state index in [1.54, 1.807) is 35.7 Å². The standard InChI is InChI=1S/C16H15N3O4S3/c20-15(21)11-3-4-12-13(10-11)25-16(17-12)18-5-7-19(8-6-18)26(22,23)14-2-1-9-24-14/h1-4,9-10H,5-8H2,(H,20,21). The van der Waals surface area contributed by atoms with E-state index in [1.807, 2.05) is 4.90 Å². The van der Waals surface area contributed by atoms with Crippen LogP contribution in [0, 0.1) is 0 Å². The van der Waals surface area contributed by atoms with E-state index in [0.29, 0.717) is 30.4 Å². The predicted octanol–water partition coefficient (Wildman–Crippen LogP) is 2.57. The van der Waals surface area contributed by atoms with Gasteiger partial charge in [0, 0.05) is 26.2 Å². The molecule has 1 N–H and O–H groups in total. The van der Waals surface area contributed by atoms with Crippen LogP contribution in [0.4, 0.5) is 5.13 Å². The average molecular weight is 410 g/mol. The maximum Gasteiger partial charge on any atom is 0.335 e. The van der Waals surface area contributed by atoms with E-state index < -0.39 is 16.0 Å². The summed E-state index contributed by atoms with van der Waals surface area (Å²) in [6.07, 6.45) is 0. The molecule has 0 spiro atoms. The molecule has 3 aromatic rings. The summed E-state index contributed by atoms with van der Waals surface area (Å²) in [6, 6.07) is 8.23. The lowest BCUT2D eigenvalue weighted by atomic mass is 10.2. The first-order valence-electron chi connectivity index (χ1n) is 7.87. The number of piperazine rings is 1. The Morgan fingerprint density at radius 2 is 1.92 bits per heavy atom. The lowest BCUT2D eigenvalue weighted by molar-refractivity contribution is 0.0697. The third-order valence-corrected chi connectivity index (χ3v) is 8.57. The Hall–Kier alpha value is -2.01. The normalized spacial score (nSPS) is 16.2. The van der Waals surface area contributed by atoms with E-state index >= 15 is 0 Å². The average Bonchev–Trinajstić information content (AvgIpc) is 3.31. The van der Waals surface area contributed by atoms with Crippen molar-refractivity contribution in [2.24, 2.45) is 0 Å². The fourth-order valence-corrected chi connectivity index (χ4v) is 6.46. The number of nitrogens with zero attached hydrogens (tertiary/aromatic N) is 3. The molecule has 1 aliphatic rings. The molecular weight excluding hydrogens is 394 g/mol. The Labute approximate surface area is 158 Å². The quantitative estimate of drug-likeness (QED) is 0.712.